The first-order chi connectivity index (χ1) is 7.13. The zero-order chi connectivity index (χ0) is 11.0. The fourth-order valence-electron chi connectivity index (χ4n) is 1.51. The number of phenolic OH excluding ortho intramolecular Hbond substituents is 1. The van der Waals surface area contributed by atoms with Gasteiger partial charge in [-0.2, -0.15) is 5.26 Å². The molecule has 1 aromatic carbocycles. The molecule has 74 valence electrons. The number of fused-ring (bicyclic) bond motifs is 1. The summed E-state index contributed by atoms with van der Waals surface area (Å²) in [5.41, 5.74) is 1.17. The molecular weight excluding hydrogens is 192 g/mol. The second-order valence-electron chi connectivity index (χ2n) is 3.22. The van der Waals surface area contributed by atoms with Gasteiger partial charge < -0.3 is 9.52 Å². The van der Waals surface area contributed by atoms with E-state index in [1.54, 1.807) is 13.0 Å². The zero-order valence-corrected chi connectivity index (χ0v) is 8.03. The Morgan fingerprint density at radius 3 is 2.87 bits per heavy atom. The number of nitrogens with zero attached hydrogens (tertiary/aromatic N) is 1. The summed E-state index contributed by atoms with van der Waals surface area (Å²) in [5, 5.41) is 26.3. The minimum absolute atomic E-state index is 0.0785. The van der Waals surface area contributed by atoms with E-state index in [1.807, 2.05) is 6.07 Å². The molecule has 0 amide bonds. The molecule has 4 heteroatoms. The monoisotopic (exact) mass is 200 g/mol. The quantitative estimate of drug-likeness (QED) is 0.680. The molecule has 0 fully saturated rings. The van der Waals surface area contributed by atoms with Gasteiger partial charge in [-0.15, -0.1) is 0 Å². The van der Waals surface area contributed by atoms with Crippen LogP contribution in [0.4, 0.5) is 0 Å². The van der Waals surface area contributed by atoms with Crippen molar-refractivity contribution < 1.29 is 9.52 Å². The molecule has 4 nitrogen and oxygen atoms in total. The van der Waals surface area contributed by atoms with Crippen molar-refractivity contribution in [1.29, 1.82) is 10.7 Å². The number of nitriles is 1. The summed E-state index contributed by atoms with van der Waals surface area (Å²) < 4.78 is 5.13. The lowest BCUT2D eigenvalue weighted by atomic mass is 10.1. The molecule has 1 heterocycles. The maximum Gasteiger partial charge on any atom is 0.230 e. The Bertz CT molecular complexity index is 635. The molecule has 0 atom stereocenters. The molecule has 0 bridgehead atoms. The highest BCUT2D eigenvalue weighted by atomic mass is 16.3. The van der Waals surface area contributed by atoms with Crippen molar-refractivity contribution in [2.45, 2.75) is 6.92 Å². The third kappa shape index (κ3) is 1.34. The molecule has 0 spiro atoms. The number of hydrogen-bond acceptors (Lipinski definition) is 4. The van der Waals surface area contributed by atoms with Gasteiger partial charge in [-0.1, -0.05) is 0 Å². The van der Waals surface area contributed by atoms with Crippen molar-refractivity contribution in [3.8, 4) is 11.8 Å². The second-order valence-corrected chi connectivity index (χ2v) is 3.22. The van der Waals surface area contributed by atoms with Gasteiger partial charge in [0.25, 0.3) is 0 Å². The Labute approximate surface area is 85.5 Å². The Balaban J connectivity index is 2.99. The van der Waals surface area contributed by atoms with Gasteiger partial charge in [0.2, 0.25) is 5.55 Å². The molecule has 2 N–H and O–H groups in total. The van der Waals surface area contributed by atoms with Gasteiger partial charge in [-0.3, -0.25) is 5.41 Å². The first-order valence-corrected chi connectivity index (χ1v) is 4.34. The fourth-order valence-corrected chi connectivity index (χ4v) is 1.51. The topological polar surface area (TPSA) is 81.0 Å². The van der Waals surface area contributed by atoms with E-state index in [0.29, 0.717) is 11.1 Å². The molecule has 1 aromatic heterocycles. The van der Waals surface area contributed by atoms with Crippen LogP contribution >= 0.6 is 0 Å². The van der Waals surface area contributed by atoms with Crippen molar-refractivity contribution in [2.24, 2.45) is 0 Å². The number of aryl methyl sites for hydroxylation is 1. The summed E-state index contributed by atoms with van der Waals surface area (Å²) in [6, 6.07) is 6.55. The van der Waals surface area contributed by atoms with Gasteiger partial charge in [0.15, 0.2) is 0 Å². The van der Waals surface area contributed by atoms with Crippen molar-refractivity contribution in [1.82, 2.24) is 0 Å². The lowest BCUT2D eigenvalue weighted by Crippen LogP contribution is -2.06. The highest BCUT2D eigenvalue weighted by Crippen LogP contribution is 2.22. The first kappa shape index (κ1) is 9.28. The van der Waals surface area contributed by atoms with Crippen molar-refractivity contribution in [3.05, 3.63) is 34.9 Å². The van der Waals surface area contributed by atoms with Crippen LogP contribution in [0.2, 0.25) is 0 Å². The van der Waals surface area contributed by atoms with Gasteiger partial charge in [0.1, 0.15) is 23.0 Å². The lowest BCUT2D eigenvalue weighted by molar-refractivity contribution is 0.471. The minimum Gasteiger partial charge on any atom is -0.508 e. The predicted octanol–water partition coefficient (Wildman–Crippen LogP) is 1.80. The van der Waals surface area contributed by atoms with Crippen molar-refractivity contribution >= 4 is 11.0 Å². The van der Waals surface area contributed by atoms with Crippen LogP contribution in [0.1, 0.15) is 11.1 Å². The number of phenols is 1. The van der Waals surface area contributed by atoms with E-state index in [0.717, 1.165) is 5.39 Å². The summed E-state index contributed by atoms with van der Waals surface area (Å²) in [4.78, 5) is 0. The molecule has 2 rings (SSSR count). The molecule has 0 saturated carbocycles. The number of benzene rings is 1. The van der Waals surface area contributed by atoms with Gasteiger partial charge >= 0.3 is 0 Å². The maximum absolute atomic E-state index is 9.25. The average Bonchev–Trinajstić information content (AvgIpc) is 2.17. The van der Waals surface area contributed by atoms with Crippen LogP contribution in [0, 0.1) is 23.7 Å². The smallest absolute Gasteiger partial charge is 0.230 e. The molecule has 0 radical (unpaired) electrons. The van der Waals surface area contributed by atoms with E-state index in [4.69, 9.17) is 15.1 Å². The van der Waals surface area contributed by atoms with Gasteiger partial charge in [0, 0.05) is 11.5 Å². The second kappa shape index (κ2) is 3.14. The predicted molar refractivity (Wildman–Crippen MR) is 53.2 cm³/mol. The number of aromatic hydroxyl groups is 1. The molecule has 0 saturated heterocycles. The van der Waals surface area contributed by atoms with E-state index in [2.05, 4.69) is 0 Å². The third-order valence-electron chi connectivity index (χ3n) is 2.30. The zero-order valence-electron chi connectivity index (χ0n) is 8.03. The molecule has 2 aromatic rings. The van der Waals surface area contributed by atoms with Crippen LogP contribution in [0.3, 0.4) is 0 Å². The molecular formula is C11H8N2O2. The van der Waals surface area contributed by atoms with Gasteiger partial charge in [0.05, 0.1) is 0 Å². The summed E-state index contributed by atoms with van der Waals surface area (Å²) >= 11 is 0. The van der Waals surface area contributed by atoms with Crippen LogP contribution in [0.15, 0.2) is 22.6 Å². The summed E-state index contributed by atoms with van der Waals surface area (Å²) in [6.45, 7) is 1.76. The van der Waals surface area contributed by atoms with E-state index >= 15 is 0 Å². The maximum atomic E-state index is 9.25. The standard InChI is InChI=1S/C11H8N2O2/c1-6-8-3-2-7(14)4-10(8)15-11(13)9(6)5-12/h2-4,13-14H,1H3. The molecule has 0 unspecified atom stereocenters. The van der Waals surface area contributed by atoms with E-state index < -0.39 is 0 Å². The van der Waals surface area contributed by atoms with Crippen molar-refractivity contribution in [2.75, 3.05) is 0 Å². The molecule has 0 aliphatic rings. The Hall–Kier alpha value is -2.28. The summed E-state index contributed by atoms with van der Waals surface area (Å²) in [6.07, 6.45) is 0. The van der Waals surface area contributed by atoms with Crippen LogP contribution in [0.5, 0.6) is 5.75 Å². The summed E-state index contributed by atoms with van der Waals surface area (Å²) in [7, 11) is 0. The van der Waals surface area contributed by atoms with Crippen LogP contribution in [0.25, 0.3) is 11.0 Å². The Morgan fingerprint density at radius 1 is 1.47 bits per heavy atom. The van der Waals surface area contributed by atoms with Crippen LogP contribution in [-0.2, 0) is 0 Å². The van der Waals surface area contributed by atoms with Gasteiger partial charge in [-0.05, 0) is 24.6 Å². The lowest BCUT2D eigenvalue weighted by Gasteiger charge is -2.03. The van der Waals surface area contributed by atoms with E-state index in [1.165, 1.54) is 12.1 Å². The number of nitrogens with one attached hydrogen (secondary N) is 1. The minimum atomic E-state index is -0.173. The largest absolute Gasteiger partial charge is 0.508 e. The van der Waals surface area contributed by atoms with Gasteiger partial charge in [-0.25, -0.2) is 0 Å². The third-order valence-corrected chi connectivity index (χ3v) is 2.30. The Kier molecular flexibility index (Phi) is 1.94. The fraction of sp³-hybridized carbons (Fsp3) is 0.0909. The van der Waals surface area contributed by atoms with Crippen LogP contribution < -0.4 is 5.55 Å². The van der Waals surface area contributed by atoms with Crippen LogP contribution in [-0.4, -0.2) is 5.11 Å². The molecule has 0 aliphatic carbocycles. The van der Waals surface area contributed by atoms with Crippen molar-refractivity contribution in [3.63, 3.8) is 0 Å². The first-order valence-electron chi connectivity index (χ1n) is 4.34. The normalized spacial score (nSPS) is 10.1. The number of rotatable bonds is 0. The molecule has 15 heavy (non-hydrogen) atoms. The molecule has 0 aliphatic heterocycles. The number of hydrogen-bond donors (Lipinski definition) is 2. The SMILES string of the molecule is Cc1c(C#N)c(=N)oc2cc(O)ccc12. The summed E-state index contributed by atoms with van der Waals surface area (Å²) in [5.74, 6) is 0.0785. The van der Waals surface area contributed by atoms with E-state index in [9.17, 15) is 5.11 Å². The van der Waals surface area contributed by atoms with E-state index in [-0.39, 0.29) is 16.9 Å². The highest BCUT2D eigenvalue weighted by molar-refractivity contribution is 5.82. The highest BCUT2D eigenvalue weighted by Gasteiger charge is 2.08. The average molecular weight is 200 g/mol. The Morgan fingerprint density at radius 2 is 2.20 bits per heavy atom.